The van der Waals surface area contributed by atoms with Gasteiger partial charge in [-0.15, -0.1) is 0 Å². The van der Waals surface area contributed by atoms with Crippen molar-refractivity contribution in [1.29, 1.82) is 0 Å². The lowest BCUT2D eigenvalue weighted by atomic mass is 10.0. The molecule has 0 bridgehead atoms. The Morgan fingerprint density at radius 3 is 2.62 bits per heavy atom. The smallest absolute Gasteiger partial charge is 0.438 e. The summed E-state index contributed by atoms with van der Waals surface area (Å²) in [5.41, 5.74) is -3.46. The van der Waals surface area contributed by atoms with E-state index in [0.29, 0.717) is 6.42 Å². The van der Waals surface area contributed by atoms with E-state index in [1.807, 2.05) is 0 Å². The number of para-hydroxylation sites is 2. The number of aliphatic hydroxyl groups is 1. The van der Waals surface area contributed by atoms with E-state index in [2.05, 4.69) is 10.4 Å². The Kier molecular flexibility index (Phi) is 5.55. The third kappa shape index (κ3) is 3.64. The molecule has 1 aromatic carbocycles. The maximum Gasteiger partial charge on any atom is 0.438 e. The summed E-state index contributed by atoms with van der Waals surface area (Å²) in [5, 5.41) is 15.6. The van der Waals surface area contributed by atoms with Gasteiger partial charge in [0.2, 0.25) is 0 Å². The summed E-state index contributed by atoms with van der Waals surface area (Å²) in [4.78, 5) is 24.4. The fraction of sp³-hybridized carbons (Fsp3) is 0.438. The van der Waals surface area contributed by atoms with Gasteiger partial charge in [-0.25, -0.2) is 0 Å². The highest BCUT2D eigenvalue weighted by molar-refractivity contribution is 6.40. The highest BCUT2D eigenvalue weighted by atomic mass is 19.4. The Morgan fingerprint density at radius 1 is 1.38 bits per heavy atom. The summed E-state index contributed by atoms with van der Waals surface area (Å²) in [7, 11) is 1.33. The largest absolute Gasteiger partial charge is 0.495 e. The molecular formula is C16H18F3N3O4. The summed E-state index contributed by atoms with van der Waals surface area (Å²) >= 11 is 0. The number of alkyl halides is 3. The number of hydrazone groups is 1. The van der Waals surface area contributed by atoms with E-state index in [-0.39, 0.29) is 28.6 Å². The monoisotopic (exact) mass is 373 g/mol. The van der Waals surface area contributed by atoms with Crippen LogP contribution in [-0.4, -0.2) is 46.7 Å². The van der Waals surface area contributed by atoms with E-state index in [9.17, 15) is 27.9 Å². The van der Waals surface area contributed by atoms with Crippen LogP contribution in [-0.2, 0) is 9.59 Å². The first-order valence-corrected chi connectivity index (χ1v) is 7.78. The Hall–Kier alpha value is -2.62. The second kappa shape index (κ2) is 7.32. The van der Waals surface area contributed by atoms with Crippen LogP contribution in [0.25, 0.3) is 0 Å². The van der Waals surface area contributed by atoms with Crippen LogP contribution in [0.3, 0.4) is 0 Å². The maximum absolute atomic E-state index is 13.3. The number of nitrogens with one attached hydrogen (secondary N) is 1. The molecular weight excluding hydrogens is 355 g/mol. The van der Waals surface area contributed by atoms with E-state index in [4.69, 9.17) is 4.74 Å². The second-order valence-electron chi connectivity index (χ2n) is 5.68. The van der Waals surface area contributed by atoms with Gasteiger partial charge in [-0.3, -0.25) is 9.59 Å². The van der Waals surface area contributed by atoms with Crippen LogP contribution in [0.4, 0.5) is 18.9 Å². The number of carbonyl (C=O) groups is 2. The minimum atomic E-state index is -5.17. The van der Waals surface area contributed by atoms with Gasteiger partial charge in [0.1, 0.15) is 5.75 Å². The van der Waals surface area contributed by atoms with Crippen LogP contribution in [0, 0.1) is 0 Å². The first kappa shape index (κ1) is 19.7. The molecule has 0 saturated carbocycles. The quantitative estimate of drug-likeness (QED) is 0.792. The molecule has 142 valence electrons. The number of benzene rings is 1. The van der Waals surface area contributed by atoms with Crippen LogP contribution in [0.15, 0.2) is 29.4 Å². The molecule has 0 aromatic heterocycles. The van der Waals surface area contributed by atoms with Crippen molar-refractivity contribution >= 4 is 23.2 Å². The van der Waals surface area contributed by atoms with Crippen LogP contribution in [0.5, 0.6) is 5.75 Å². The van der Waals surface area contributed by atoms with E-state index >= 15 is 0 Å². The molecule has 0 aliphatic carbocycles. The normalized spacial score (nSPS) is 19.9. The number of ether oxygens (including phenoxy) is 1. The topological polar surface area (TPSA) is 91.2 Å². The molecule has 0 fully saturated rings. The van der Waals surface area contributed by atoms with E-state index in [0.717, 1.165) is 0 Å². The fourth-order valence-electron chi connectivity index (χ4n) is 2.50. The summed E-state index contributed by atoms with van der Waals surface area (Å²) < 4.78 is 44.9. The average molecular weight is 373 g/mol. The molecule has 2 amide bonds. The molecule has 0 unspecified atom stereocenters. The van der Waals surface area contributed by atoms with E-state index < -0.39 is 30.1 Å². The Labute approximate surface area is 147 Å². The number of carbonyl (C=O) groups excluding carboxylic acids is 2. The van der Waals surface area contributed by atoms with Crippen molar-refractivity contribution in [3.8, 4) is 5.75 Å². The first-order valence-electron chi connectivity index (χ1n) is 7.78. The van der Waals surface area contributed by atoms with Crippen LogP contribution >= 0.6 is 0 Å². The van der Waals surface area contributed by atoms with Crippen LogP contribution < -0.4 is 10.1 Å². The van der Waals surface area contributed by atoms with Gasteiger partial charge >= 0.3 is 18.0 Å². The van der Waals surface area contributed by atoms with Gasteiger partial charge in [0.25, 0.3) is 5.72 Å². The summed E-state index contributed by atoms with van der Waals surface area (Å²) in [6, 6.07) is 6.07. The highest BCUT2D eigenvalue weighted by Crippen LogP contribution is 2.41. The third-order valence-electron chi connectivity index (χ3n) is 3.78. The lowest BCUT2D eigenvalue weighted by molar-refractivity contribution is -0.301. The predicted molar refractivity (Wildman–Crippen MR) is 86.4 cm³/mol. The molecule has 0 radical (unpaired) electrons. The first-order chi connectivity index (χ1) is 12.1. The highest BCUT2D eigenvalue weighted by Gasteiger charge is 2.63. The Balaban J connectivity index is 2.28. The van der Waals surface area contributed by atoms with Gasteiger partial charge in [0, 0.05) is 12.1 Å². The van der Waals surface area contributed by atoms with Gasteiger partial charge in [-0.05, 0) is 18.6 Å². The zero-order chi connectivity index (χ0) is 19.5. The number of amides is 2. The number of hydrogen-bond acceptors (Lipinski definition) is 5. The van der Waals surface area contributed by atoms with Crippen molar-refractivity contribution in [2.45, 2.75) is 38.1 Å². The number of nitrogens with zero attached hydrogens (tertiary/aromatic N) is 2. The molecule has 0 spiro atoms. The predicted octanol–water partition coefficient (Wildman–Crippen LogP) is 2.27. The molecule has 1 aliphatic heterocycles. The van der Waals surface area contributed by atoms with E-state index in [1.165, 1.54) is 19.2 Å². The van der Waals surface area contributed by atoms with Gasteiger partial charge in [0.05, 0.1) is 12.8 Å². The lowest BCUT2D eigenvalue weighted by Gasteiger charge is -2.32. The molecule has 1 atom stereocenters. The van der Waals surface area contributed by atoms with Gasteiger partial charge in [-0.2, -0.15) is 23.3 Å². The minimum Gasteiger partial charge on any atom is -0.495 e. The standard InChI is InChI=1S/C16H18F3N3O4/c1-3-6-10-9-15(25,16(17,18)19)22(21-10)14(24)13(23)20-11-7-4-5-8-12(11)26-2/h4-5,7-8,25H,3,6,9H2,1-2H3,(H,20,23)/t15-/m0/s1. The van der Waals surface area contributed by atoms with Crippen molar-refractivity contribution in [1.82, 2.24) is 5.01 Å². The number of anilines is 1. The van der Waals surface area contributed by atoms with Crippen molar-refractivity contribution in [3.63, 3.8) is 0 Å². The second-order valence-corrected chi connectivity index (χ2v) is 5.68. The summed E-state index contributed by atoms with van der Waals surface area (Å²) in [6.07, 6.45) is -5.43. The Morgan fingerprint density at radius 2 is 2.04 bits per heavy atom. The molecule has 1 aromatic rings. The Bertz CT molecular complexity index is 736. The molecule has 7 nitrogen and oxygen atoms in total. The minimum absolute atomic E-state index is 0.00855. The number of methoxy groups -OCH3 is 1. The van der Waals surface area contributed by atoms with Crippen LogP contribution in [0.1, 0.15) is 26.2 Å². The number of halogens is 3. The average Bonchev–Trinajstić information content (AvgIpc) is 2.92. The number of hydrogen-bond donors (Lipinski definition) is 2. The molecule has 2 N–H and O–H groups in total. The van der Waals surface area contributed by atoms with Crippen molar-refractivity contribution in [2.75, 3.05) is 12.4 Å². The summed E-state index contributed by atoms with van der Waals surface area (Å²) in [6.45, 7) is 1.72. The molecule has 0 saturated heterocycles. The van der Waals surface area contributed by atoms with Crippen molar-refractivity contribution in [2.24, 2.45) is 5.10 Å². The van der Waals surface area contributed by atoms with Crippen LogP contribution in [0.2, 0.25) is 0 Å². The maximum atomic E-state index is 13.3. The molecule has 1 aliphatic rings. The molecule has 26 heavy (non-hydrogen) atoms. The lowest BCUT2D eigenvalue weighted by Crippen LogP contribution is -2.58. The number of rotatable bonds is 4. The van der Waals surface area contributed by atoms with Gasteiger partial charge in [-0.1, -0.05) is 25.5 Å². The SMILES string of the molecule is CCCC1=NN(C(=O)C(=O)Nc2ccccc2OC)[C@@](O)(C(F)(F)F)C1. The van der Waals surface area contributed by atoms with E-state index in [1.54, 1.807) is 19.1 Å². The third-order valence-corrected chi connectivity index (χ3v) is 3.78. The van der Waals surface area contributed by atoms with Crippen molar-refractivity contribution in [3.05, 3.63) is 24.3 Å². The molecule has 1 heterocycles. The van der Waals surface area contributed by atoms with Crippen molar-refractivity contribution < 1.29 is 32.6 Å². The fourth-order valence-corrected chi connectivity index (χ4v) is 2.50. The summed E-state index contributed by atoms with van der Waals surface area (Å²) in [5.74, 6) is -2.78. The molecule has 10 heteroatoms. The zero-order valence-electron chi connectivity index (χ0n) is 14.1. The zero-order valence-corrected chi connectivity index (χ0v) is 14.1. The molecule has 2 rings (SSSR count). The van der Waals surface area contributed by atoms with Gasteiger partial charge < -0.3 is 15.2 Å². The van der Waals surface area contributed by atoms with Gasteiger partial charge in [0.15, 0.2) is 0 Å².